The largest absolute Gasteiger partial charge is 0.403 e. The zero-order valence-corrected chi connectivity index (χ0v) is 19.5. The molecule has 0 atom stereocenters. The van der Waals surface area contributed by atoms with Gasteiger partial charge in [0.25, 0.3) is 5.56 Å². The lowest BCUT2D eigenvalue weighted by Gasteiger charge is -2.08. The van der Waals surface area contributed by atoms with Crippen molar-refractivity contribution < 1.29 is 17.6 Å². The Hall–Kier alpha value is -4.07. The standard InChI is InChI=1S/C20H21N7O6S/c1-11(2)34(31,32)13-7-5-6-12(8-13)17-23-24-19(33-17)22-14(28)9-27-10-21-16-15(27)18(29)26(4)20(30)25(16)3/h5-8,10-11H,9H2,1-4H3,(H,22,24,28). The van der Waals surface area contributed by atoms with Gasteiger partial charge in [0.1, 0.15) is 6.54 Å². The SMILES string of the molecule is CC(C)S(=O)(=O)c1cccc(-c2nnc(NC(=O)Cn3cnc4c3c(=O)n(C)c(=O)n4C)o2)c1. The van der Waals surface area contributed by atoms with Crippen molar-refractivity contribution in [3.05, 3.63) is 51.4 Å². The second kappa shape index (κ2) is 8.37. The minimum atomic E-state index is -3.50. The summed E-state index contributed by atoms with van der Waals surface area (Å²) in [5, 5.41) is 9.48. The molecule has 0 aliphatic carbocycles. The van der Waals surface area contributed by atoms with Crippen LogP contribution in [0.15, 0.2) is 49.5 Å². The number of carbonyl (C=O) groups is 1. The highest BCUT2D eigenvalue weighted by Gasteiger charge is 2.21. The Morgan fingerprint density at radius 1 is 1.15 bits per heavy atom. The van der Waals surface area contributed by atoms with Crippen molar-refractivity contribution >= 4 is 32.9 Å². The van der Waals surface area contributed by atoms with Crippen molar-refractivity contribution in [3.8, 4) is 11.5 Å². The average Bonchev–Trinajstić information content (AvgIpc) is 3.43. The lowest BCUT2D eigenvalue weighted by Crippen LogP contribution is -2.37. The zero-order valence-electron chi connectivity index (χ0n) is 18.7. The summed E-state index contributed by atoms with van der Waals surface area (Å²) in [7, 11) is -0.685. The molecule has 3 aromatic heterocycles. The molecular weight excluding hydrogens is 466 g/mol. The van der Waals surface area contributed by atoms with Crippen LogP contribution in [-0.4, -0.2) is 48.5 Å². The highest BCUT2D eigenvalue weighted by atomic mass is 32.2. The second-order valence-corrected chi connectivity index (χ2v) is 10.3. The van der Waals surface area contributed by atoms with E-state index in [4.69, 9.17) is 4.42 Å². The molecule has 0 aliphatic heterocycles. The van der Waals surface area contributed by atoms with E-state index in [-0.39, 0.29) is 34.5 Å². The molecule has 0 aliphatic rings. The van der Waals surface area contributed by atoms with E-state index in [9.17, 15) is 22.8 Å². The van der Waals surface area contributed by atoms with E-state index in [1.807, 2.05) is 0 Å². The summed E-state index contributed by atoms with van der Waals surface area (Å²) in [6, 6.07) is 5.86. The lowest BCUT2D eigenvalue weighted by atomic mass is 10.2. The summed E-state index contributed by atoms with van der Waals surface area (Å²) in [6.07, 6.45) is 1.28. The number of nitrogens with one attached hydrogen (secondary N) is 1. The third kappa shape index (κ3) is 3.91. The van der Waals surface area contributed by atoms with Gasteiger partial charge < -0.3 is 8.98 Å². The smallest absolute Gasteiger partial charge is 0.332 e. The summed E-state index contributed by atoms with van der Waals surface area (Å²) < 4.78 is 33.8. The normalized spacial score (nSPS) is 11.9. The third-order valence-corrected chi connectivity index (χ3v) is 7.38. The summed E-state index contributed by atoms with van der Waals surface area (Å²) in [5.41, 5.74) is -0.498. The Balaban J connectivity index is 1.56. The molecule has 3 heterocycles. The highest BCUT2D eigenvalue weighted by molar-refractivity contribution is 7.92. The number of fused-ring (bicyclic) bond motifs is 1. The number of nitrogens with zero attached hydrogens (tertiary/aromatic N) is 6. The molecule has 178 valence electrons. The first-order chi connectivity index (χ1) is 16.0. The van der Waals surface area contributed by atoms with Gasteiger partial charge in [-0.2, -0.15) is 0 Å². The molecular formula is C20H21N7O6S. The molecule has 0 saturated heterocycles. The minimum Gasteiger partial charge on any atom is -0.403 e. The molecule has 0 saturated carbocycles. The second-order valence-electron chi connectivity index (χ2n) is 7.83. The Morgan fingerprint density at radius 2 is 1.88 bits per heavy atom. The van der Waals surface area contributed by atoms with Gasteiger partial charge in [-0.3, -0.25) is 24.0 Å². The number of hydrogen-bond acceptors (Lipinski definition) is 9. The number of anilines is 1. The van der Waals surface area contributed by atoms with Gasteiger partial charge in [0.05, 0.1) is 16.5 Å². The summed E-state index contributed by atoms with van der Waals surface area (Å²) in [5.74, 6) is -0.561. The van der Waals surface area contributed by atoms with Gasteiger partial charge in [-0.25, -0.2) is 18.2 Å². The summed E-state index contributed by atoms with van der Waals surface area (Å²) in [4.78, 5) is 41.2. The number of aromatic nitrogens is 6. The van der Waals surface area contributed by atoms with Gasteiger partial charge in [-0.15, -0.1) is 5.10 Å². The van der Waals surface area contributed by atoms with Crippen molar-refractivity contribution in [1.82, 2.24) is 28.9 Å². The van der Waals surface area contributed by atoms with Crippen LogP contribution in [0.5, 0.6) is 0 Å². The van der Waals surface area contributed by atoms with Crippen LogP contribution in [0.25, 0.3) is 22.6 Å². The molecule has 0 spiro atoms. The first-order valence-electron chi connectivity index (χ1n) is 10.1. The topological polar surface area (TPSA) is 164 Å². The quantitative estimate of drug-likeness (QED) is 0.403. The Labute approximate surface area is 192 Å². The number of rotatable bonds is 6. The molecule has 0 radical (unpaired) electrons. The fraction of sp³-hybridized carbons (Fsp3) is 0.300. The molecule has 1 aromatic carbocycles. The zero-order chi connectivity index (χ0) is 24.8. The molecule has 0 unspecified atom stereocenters. The molecule has 34 heavy (non-hydrogen) atoms. The fourth-order valence-corrected chi connectivity index (χ4v) is 4.40. The maximum Gasteiger partial charge on any atom is 0.332 e. The predicted octanol–water partition coefficient (Wildman–Crippen LogP) is 0.304. The van der Waals surface area contributed by atoms with Crippen LogP contribution >= 0.6 is 0 Å². The van der Waals surface area contributed by atoms with E-state index < -0.39 is 32.2 Å². The van der Waals surface area contributed by atoms with Gasteiger partial charge in [0.15, 0.2) is 21.0 Å². The van der Waals surface area contributed by atoms with Gasteiger partial charge in [0.2, 0.25) is 11.8 Å². The van der Waals surface area contributed by atoms with Crippen LogP contribution in [0.4, 0.5) is 6.01 Å². The number of aryl methyl sites for hydroxylation is 1. The first-order valence-corrected chi connectivity index (χ1v) is 11.6. The van der Waals surface area contributed by atoms with E-state index in [2.05, 4.69) is 20.5 Å². The average molecular weight is 487 g/mol. The predicted molar refractivity (Wildman–Crippen MR) is 121 cm³/mol. The van der Waals surface area contributed by atoms with Gasteiger partial charge in [-0.1, -0.05) is 11.2 Å². The van der Waals surface area contributed by atoms with Gasteiger partial charge >= 0.3 is 11.7 Å². The van der Waals surface area contributed by atoms with Crippen molar-refractivity contribution in [1.29, 1.82) is 0 Å². The third-order valence-electron chi connectivity index (χ3n) is 5.23. The number of sulfone groups is 1. The monoisotopic (exact) mass is 487 g/mol. The molecule has 13 nitrogen and oxygen atoms in total. The van der Waals surface area contributed by atoms with Crippen LogP contribution in [0.3, 0.4) is 0 Å². The van der Waals surface area contributed by atoms with Crippen LogP contribution in [0.2, 0.25) is 0 Å². The van der Waals surface area contributed by atoms with Crippen molar-refractivity contribution in [2.45, 2.75) is 30.5 Å². The van der Waals surface area contributed by atoms with E-state index in [0.717, 1.165) is 4.57 Å². The number of benzene rings is 1. The highest BCUT2D eigenvalue weighted by Crippen LogP contribution is 2.24. The van der Waals surface area contributed by atoms with E-state index in [1.54, 1.807) is 26.0 Å². The number of carbonyl (C=O) groups excluding carboxylic acids is 1. The molecule has 14 heteroatoms. The van der Waals surface area contributed by atoms with Crippen LogP contribution < -0.4 is 16.6 Å². The Kier molecular flexibility index (Phi) is 5.69. The summed E-state index contributed by atoms with van der Waals surface area (Å²) >= 11 is 0. The van der Waals surface area contributed by atoms with Crippen LogP contribution in [0.1, 0.15) is 13.8 Å². The lowest BCUT2D eigenvalue weighted by molar-refractivity contribution is -0.116. The molecule has 4 aromatic rings. The first kappa shape index (κ1) is 23.1. The van der Waals surface area contributed by atoms with E-state index >= 15 is 0 Å². The number of imidazole rings is 1. The van der Waals surface area contributed by atoms with Gasteiger partial charge in [-0.05, 0) is 32.0 Å². The Bertz CT molecular complexity index is 1640. The van der Waals surface area contributed by atoms with Crippen molar-refractivity contribution in [3.63, 3.8) is 0 Å². The molecule has 4 rings (SSSR count). The molecule has 0 bridgehead atoms. The molecule has 0 fully saturated rings. The minimum absolute atomic E-state index is 0.0213. The number of hydrogen-bond donors (Lipinski definition) is 1. The fourth-order valence-electron chi connectivity index (χ4n) is 3.30. The maximum atomic E-state index is 12.5. The summed E-state index contributed by atoms with van der Waals surface area (Å²) in [6.45, 7) is 2.87. The van der Waals surface area contributed by atoms with Crippen molar-refractivity contribution in [2.75, 3.05) is 5.32 Å². The molecule has 1 amide bonds. The van der Waals surface area contributed by atoms with Gasteiger partial charge in [0, 0.05) is 19.7 Å². The Morgan fingerprint density at radius 3 is 2.59 bits per heavy atom. The van der Waals surface area contributed by atoms with Crippen LogP contribution in [-0.2, 0) is 35.3 Å². The van der Waals surface area contributed by atoms with Crippen LogP contribution in [0, 0.1) is 0 Å². The number of amides is 1. The maximum absolute atomic E-state index is 12.5. The van der Waals surface area contributed by atoms with E-state index in [0.29, 0.717) is 5.56 Å². The van der Waals surface area contributed by atoms with Crippen molar-refractivity contribution in [2.24, 2.45) is 14.1 Å². The van der Waals surface area contributed by atoms with E-state index in [1.165, 1.54) is 41.7 Å². The molecule has 1 N–H and O–H groups in total.